The predicted octanol–water partition coefficient (Wildman–Crippen LogP) is 3.68. The highest BCUT2D eigenvalue weighted by atomic mass is 16.7. The molecule has 1 saturated heterocycles. The van der Waals surface area contributed by atoms with Crippen LogP contribution in [0.25, 0.3) is 0 Å². The molecule has 1 aliphatic heterocycles. The van der Waals surface area contributed by atoms with Crippen LogP contribution in [-0.4, -0.2) is 58.7 Å². The molecule has 0 unspecified atom stereocenters. The molecule has 2 heterocycles. The van der Waals surface area contributed by atoms with Gasteiger partial charge in [-0.25, -0.2) is 4.79 Å². The number of carbonyl (C=O) groups is 2. The van der Waals surface area contributed by atoms with Gasteiger partial charge in [0, 0.05) is 18.8 Å². The number of amides is 1. The van der Waals surface area contributed by atoms with E-state index in [1.54, 1.807) is 7.05 Å². The number of carboxylic acids is 1. The van der Waals surface area contributed by atoms with E-state index >= 15 is 0 Å². The quantitative estimate of drug-likeness (QED) is 0.340. The maximum Gasteiger partial charge on any atom is 0.494 e. The maximum atomic E-state index is 13.5. The van der Waals surface area contributed by atoms with Crippen LogP contribution < -0.4 is 10.4 Å². The molecule has 3 aromatic rings. The number of aryl methyl sites for hydroxylation is 1. The third-order valence-electron chi connectivity index (χ3n) is 7.19. The largest absolute Gasteiger partial charge is 0.494 e. The van der Waals surface area contributed by atoms with Crippen LogP contribution in [0.3, 0.4) is 0 Å². The van der Waals surface area contributed by atoms with E-state index in [-0.39, 0.29) is 30.4 Å². The van der Waals surface area contributed by atoms with Gasteiger partial charge in [0.15, 0.2) is 5.69 Å². The van der Waals surface area contributed by atoms with Crippen LogP contribution in [0.1, 0.15) is 59.8 Å². The lowest BCUT2D eigenvalue weighted by molar-refractivity contribution is 0.00578. The molecule has 4 rings (SSSR count). The molecule has 0 radical (unpaired) electrons. The molecule has 1 amide bonds. The number of anilines is 1. The summed E-state index contributed by atoms with van der Waals surface area (Å²) in [6.45, 7) is 10.8. The van der Waals surface area contributed by atoms with Crippen LogP contribution in [0.15, 0.2) is 54.6 Å². The predicted molar refractivity (Wildman–Crippen MR) is 145 cm³/mol. The fourth-order valence-electron chi connectivity index (χ4n) is 4.24. The first-order valence-corrected chi connectivity index (χ1v) is 12.6. The summed E-state index contributed by atoms with van der Waals surface area (Å²) in [7, 11) is 1.15. The number of aromatic nitrogens is 2. The van der Waals surface area contributed by atoms with Crippen LogP contribution in [-0.2, 0) is 27.2 Å². The number of nitrogens with zero attached hydrogens (tertiary/aromatic N) is 3. The molecular formula is C28H34BN3O6. The highest BCUT2D eigenvalue weighted by Gasteiger charge is 2.51. The summed E-state index contributed by atoms with van der Waals surface area (Å²) in [6, 6.07) is 16.7. The van der Waals surface area contributed by atoms with E-state index in [4.69, 9.17) is 14.0 Å². The minimum atomic E-state index is -1.20. The lowest BCUT2D eigenvalue weighted by Crippen LogP contribution is -2.41. The average Bonchev–Trinajstić information content (AvgIpc) is 3.39. The Balaban J connectivity index is 1.49. The van der Waals surface area contributed by atoms with Crippen molar-refractivity contribution >= 4 is 30.1 Å². The van der Waals surface area contributed by atoms with Crippen molar-refractivity contribution in [3.8, 4) is 0 Å². The normalized spacial score (nSPS) is 16.0. The number of hydrogen-bond donors (Lipinski definition) is 1. The van der Waals surface area contributed by atoms with Crippen molar-refractivity contribution in [2.45, 2.75) is 59.0 Å². The summed E-state index contributed by atoms with van der Waals surface area (Å²) in [6.07, 6.45) is 0. The minimum absolute atomic E-state index is 0.169. The zero-order chi connectivity index (χ0) is 27.7. The Morgan fingerprint density at radius 3 is 2.32 bits per heavy atom. The summed E-state index contributed by atoms with van der Waals surface area (Å²) < 4.78 is 19.4. The summed E-state index contributed by atoms with van der Waals surface area (Å²) in [4.78, 5) is 26.6. The lowest BCUT2D eigenvalue weighted by atomic mass is 9.78. The van der Waals surface area contributed by atoms with Crippen molar-refractivity contribution in [1.29, 1.82) is 0 Å². The smallest absolute Gasteiger partial charge is 0.476 e. The first-order valence-electron chi connectivity index (χ1n) is 12.6. The van der Waals surface area contributed by atoms with E-state index in [9.17, 15) is 14.7 Å². The maximum absolute atomic E-state index is 13.5. The van der Waals surface area contributed by atoms with Crippen molar-refractivity contribution < 1.29 is 28.7 Å². The Bertz CT molecular complexity index is 1310. The number of hydrogen-bond acceptors (Lipinski definition) is 6. The van der Waals surface area contributed by atoms with Gasteiger partial charge in [-0.3, -0.25) is 9.48 Å². The second kappa shape index (κ2) is 10.7. The number of benzene rings is 2. The summed E-state index contributed by atoms with van der Waals surface area (Å²) >= 11 is 0. The Labute approximate surface area is 223 Å². The standard InChI is InChI=1S/C28H34BN3O6/c1-19-16-21(29-37-27(2,3)28(4,5)38-29)12-13-23(19)31(6)25(33)24-17-22(26(34)35)30-32(24)14-15-36-18-20-10-8-7-9-11-20/h7-13,16-17H,14-15,18H2,1-6H3,(H,34,35). The van der Waals surface area contributed by atoms with E-state index in [2.05, 4.69) is 5.10 Å². The van der Waals surface area contributed by atoms with Crippen molar-refractivity contribution in [2.24, 2.45) is 0 Å². The number of carboxylic acid groups (broad SMARTS) is 1. The van der Waals surface area contributed by atoms with Crippen molar-refractivity contribution in [1.82, 2.24) is 9.78 Å². The molecule has 1 N–H and O–H groups in total. The molecular weight excluding hydrogens is 485 g/mol. The number of aromatic carboxylic acids is 1. The molecule has 200 valence electrons. The Morgan fingerprint density at radius 2 is 1.71 bits per heavy atom. The van der Waals surface area contributed by atoms with Gasteiger partial charge >= 0.3 is 13.1 Å². The molecule has 0 atom stereocenters. The molecule has 9 nitrogen and oxygen atoms in total. The highest BCUT2D eigenvalue weighted by molar-refractivity contribution is 6.62. The van der Waals surface area contributed by atoms with Gasteiger partial charge < -0.3 is 24.1 Å². The monoisotopic (exact) mass is 519 g/mol. The first-order chi connectivity index (χ1) is 17.9. The summed E-state index contributed by atoms with van der Waals surface area (Å²) in [5.41, 5.74) is 2.47. The Hall–Kier alpha value is -3.47. The van der Waals surface area contributed by atoms with Crippen molar-refractivity contribution in [3.05, 3.63) is 77.1 Å². The number of ether oxygens (including phenoxy) is 1. The molecule has 0 aliphatic carbocycles. The van der Waals surface area contributed by atoms with Crippen LogP contribution in [0.2, 0.25) is 0 Å². The fourth-order valence-corrected chi connectivity index (χ4v) is 4.24. The molecule has 2 aromatic carbocycles. The summed E-state index contributed by atoms with van der Waals surface area (Å²) in [5.74, 6) is -1.58. The minimum Gasteiger partial charge on any atom is -0.476 e. The van der Waals surface area contributed by atoms with Gasteiger partial charge in [-0.05, 0) is 57.3 Å². The van der Waals surface area contributed by atoms with E-state index in [0.29, 0.717) is 12.3 Å². The SMILES string of the molecule is Cc1cc(B2OC(C)(C)C(C)(C)O2)ccc1N(C)C(=O)c1cc(C(=O)O)nn1CCOCc1ccccc1. The Kier molecular flexibility index (Phi) is 7.78. The first kappa shape index (κ1) is 27.6. The van der Waals surface area contributed by atoms with Crippen LogP contribution >= 0.6 is 0 Å². The molecule has 1 aliphatic rings. The zero-order valence-corrected chi connectivity index (χ0v) is 22.7. The molecule has 0 spiro atoms. The molecule has 38 heavy (non-hydrogen) atoms. The number of carbonyl (C=O) groups excluding carboxylic acids is 1. The zero-order valence-electron chi connectivity index (χ0n) is 22.7. The topological polar surface area (TPSA) is 103 Å². The van der Waals surface area contributed by atoms with Crippen LogP contribution in [0, 0.1) is 6.92 Å². The van der Waals surface area contributed by atoms with Gasteiger partial charge in [-0.1, -0.05) is 42.5 Å². The van der Waals surface area contributed by atoms with E-state index in [1.807, 2.05) is 83.1 Å². The summed E-state index contributed by atoms with van der Waals surface area (Å²) in [5, 5.41) is 13.6. The van der Waals surface area contributed by atoms with Crippen LogP contribution in [0.4, 0.5) is 5.69 Å². The molecule has 1 fully saturated rings. The van der Waals surface area contributed by atoms with Gasteiger partial charge in [-0.15, -0.1) is 0 Å². The second-order valence-corrected chi connectivity index (χ2v) is 10.5. The molecule has 1 aromatic heterocycles. The molecule has 10 heteroatoms. The van der Waals surface area contributed by atoms with Crippen LogP contribution in [0.5, 0.6) is 0 Å². The van der Waals surface area contributed by atoms with Gasteiger partial charge in [0.1, 0.15) is 5.69 Å². The second-order valence-electron chi connectivity index (χ2n) is 10.5. The average molecular weight is 519 g/mol. The van der Waals surface area contributed by atoms with E-state index in [1.165, 1.54) is 15.6 Å². The fraction of sp³-hybridized carbons (Fsp3) is 0.393. The number of rotatable bonds is 9. The van der Waals surface area contributed by atoms with E-state index < -0.39 is 24.3 Å². The van der Waals surface area contributed by atoms with Crippen molar-refractivity contribution in [3.63, 3.8) is 0 Å². The van der Waals surface area contributed by atoms with Gasteiger partial charge in [0.05, 0.1) is 31.0 Å². The molecule has 0 saturated carbocycles. The third-order valence-corrected chi connectivity index (χ3v) is 7.19. The lowest BCUT2D eigenvalue weighted by Gasteiger charge is -2.32. The highest BCUT2D eigenvalue weighted by Crippen LogP contribution is 2.36. The van der Waals surface area contributed by atoms with Gasteiger partial charge in [0.25, 0.3) is 5.91 Å². The van der Waals surface area contributed by atoms with Gasteiger partial charge in [0.2, 0.25) is 0 Å². The van der Waals surface area contributed by atoms with E-state index in [0.717, 1.165) is 16.6 Å². The Morgan fingerprint density at radius 1 is 1.05 bits per heavy atom. The van der Waals surface area contributed by atoms with Gasteiger partial charge in [-0.2, -0.15) is 5.10 Å². The van der Waals surface area contributed by atoms with Crippen molar-refractivity contribution in [2.75, 3.05) is 18.6 Å². The third kappa shape index (κ3) is 5.67. The molecule has 0 bridgehead atoms.